The number of benzene rings is 1. The molecule has 0 saturated heterocycles. The zero-order valence-corrected chi connectivity index (χ0v) is 9.62. The van der Waals surface area contributed by atoms with Crippen molar-refractivity contribution in [2.45, 2.75) is 6.92 Å². The van der Waals surface area contributed by atoms with Gasteiger partial charge in [0.2, 0.25) is 0 Å². The van der Waals surface area contributed by atoms with Crippen molar-refractivity contribution >= 4 is 17.7 Å². The van der Waals surface area contributed by atoms with Crippen molar-refractivity contribution in [1.82, 2.24) is 0 Å². The molecule has 0 spiro atoms. The summed E-state index contributed by atoms with van der Waals surface area (Å²) in [5.41, 5.74) is 0.390. The monoisotopic (exact) mass is 246 g/mol. The van der Waals surface area contributed by atoms with Crippen molar-refractivity contribution in [2.75, 3.05) is 6.61 Å². The largest absolute Gasteiger partial charge is 0.463 e. The minimum atomic E-state index is -0.584. The summed E-state index contributed by atoms with van der Waals surface area (Å²) < 4.78 is 4.68. The molecule has 6 heteroatoms. The Morgan fingerprint density at radius 3 is 2.89 bits per heavy atom. The Bertz CT molecular complexity index is 543. The molecule has 18 heavy (non-hydrogen) atoms. The molecule has 92 valence electrons. The van der Waals surface area contributed by atoms with Crippen molar-refractivity contribution in [3.05, 3.63) is 45.5 Å². The molecule has 0 amide bonds. The van der Waals surface area contributed by atoms with Crippen LogP contribution in [-0.2, 0) is 9.53 Å². The molecule has 0 aliphatic heterocycles. The van der Waals surface area contributed by atoms with Gasteiger partial charge in [-0.3, -0.25) is 10.1 Å². The zero-order valence-electron chi connectivity index (χ0n) is 9.62. The fourth-order valence-corrected chi connectivity index (χ4v) is 1.25. The quantitative estimate of drug-likeness (QED) is 0.350. The number of hydrogen-bond acceptors (Lipinski definition) is 5. The molecule has 6 nitrogen and oxygen atoms in total. The maximum absolute atomic E-state index is 11.1. The van der Waals surface area contributed by atoms with Crippen LogP contribution in [0.15, 0.2) is 24.3 Å². The Balaban J connectivity index is 3.01. The molecule has 0 aromatic heterocycles. The Labute approximate surface area is 103 Å². The van der Waals surface area contributed by atoms with Gasteiger partial charge in [-0.2, -0.15) is 5.26 Å². The fourth-order valence-electron chi connectivity index (χ4n) is 1.25. The third-order valence-corrected chi connectivity index (χ3v) is 2.05. The number of nitro groups is 1. The fraction of sp³-hybridized carbons (Fsp3) is 0.167. The molecule has 0 fully saturated rings. The van der Waals surface area contributed by atoms with Gasteiger partial charge in [0.05, 0.1) is 17.1 Å². The van der Waals surface area contributed by atoms with Crippen LogP contribution in [0, 0.1) is 21.4 Å². The summed E-state index contributed by atoms with van der Waals surface area (Å²) in [5, 5.41) is 19.4. The van der Waals surface area contributed by atoms with Gasteiger partial charge in [0, 0.05) is 18.2 Å². The van der Waals surface area contributed by atoms with E-state index in [1.54, 1.807) is 6.92 Å². The molecule has 0 heterocycles. The smallest absolute Gasteiger partial charge is 0.330 e. The molecule has 1 rings (SSSR count). The van der Waals surface area contributed by atoms with Crippen LogP contribution in [0.3, 0.4) is 0 Å². The summed E-state index contributed by atoms with van der Waals surface area (Å²) in [4.78, 5) is 21.0. The second-order valence-electron chi connectivity index (χ2n) is 3.23. The van der Waals surface area contributed by atoms with Gasteiger partial charge in [0.25, 0.3) is 5.69 Å². The first kappa shape index (κ1) is 13.4. The highest BCUT2D eigenvalue weighted by Crippen LogP contribution is 2.18. The van der Waals surface area contributed by atoms with Crippen LogP contribution >= 0.6 is 0 Å². The molecule has 0 saturated carbocycles. The highest BCUT2D eigenvalue weighted by molar-refractivity contribution is 5.87. The van der Waals surface area contributed by atoms with Gasteiger partial charge in [0.1, 0.15) is 6.07 Å². The number of carbonyl (C=O) groups is 1. The second kappa shape index (κ2) is 6.15. The van der Waals surface area contributed by atoms with Gasteiger partial charge in [-0.25, -0.2) is 4.79 Å². The average Bonchev–Trinajstić information content (AvgIpc) is 2.36. The summed E-state index contributed by atoms with van der Waals surface area (Å²) in [6.07, 6.45) is 2.56. The van der Waals surface area contributed by atoms with Crippen LogP contribution in [0.5, 0.6) is 0 Å². The predicted octanol–water partition coefficient (Wildman–Crippen LogP) is 2.04. The number of esters is 1. The number of hydrogen-bond donors (Lipinski definition) is 0. The highest BCUT2D eigenvalue weighted by Gasteiger charge is 2.09. The van der Waals surface area contributed by atoms with Crippen molar-refractivity contribution in [3.63, 3.8) is 0 Å². The first-order valence-corrected chi connectivity index (χ1v) is 5.12. The summed E-state index contributed by atoms with van der Waals surface area (Å²) in [5.74, 6) is -0.528. The van der Waals surface area contributed by atoms with Crippen LogP contribution < -0.4 is 0 Å². The predicted molar refractivity (Wildman–Crippen MR) is 63.5 cm³/mol. The van der Waals surface area contributed by atoms with Crippen molar-refractivity contribution < 1.29 is 14.5 Å². The van der Waals surface area contributed by atoms with Gasteiger partial charge < -0.3 is 4.74 Å². The van der Waals surface area contributed by atoms with Crippen molar-refractivity contribution in [3.8, 4) is 6.07 Å². The maximum Gasteiger partial charge on any atom is 0.330 e. The van der Waals surface area contributed by atoms with E-state index in [-0.39, 0.29) is 17.9 Å². The molecule has 1 aromatic rings. The van der Waals surface area contributed by atoms with Crippen LogP contribution in [-0.4, -0.2) is 17.5 Å². The first-order chi connectivity index (χ1) is 8.58. The van der Waals surface area contributed by atoms with Crippen LogP contribution in [0.25, 0.3) is 6.08 Å². The standard InChI is InChI=1S/C12H10N2O4/c1-2-18-12(15)6-4-9-3-5-11(14(16)17)7-10(9)8-13/h3-7H,2H2,1H3. The minimum absolute atomic E-state index is 0.129. The molecule has 0 unspecified atom stereocenters. The number of nitrogens with zero attached hydrogens (tertiary/aromatic N) is 2. The lowest BCUT2D eigenvalue weighted by atomic mass is 10.1. The maximum atomic E-state index is 11.1. The van der Waals surface area contributed by atoms with E-state index < -0.39 is 10.9 Å². The lowest BCUT2D eigenvalue weighted by Gasteiger charge is -1.98. The third-order valence-electron chi connectivity index (χ3n) is 2.05. The normalized spacial score (nSPS) is 10.0. The number of nitro benzene ring substituents is 1. The Morgan fingerprint density at radius 1 is 1.61 bits per heavy atom. The lowest BCUT2D eigenvalue weighted by Crippen LogP contribution is -1.99. The van der Waals surface area contributed by atoms with E-state index in [0.717, 1.165) is 6.07 Å². The van der Waals surface area contributed by atoms with Gasteiger partial charge in [0.15, 0.2) is 0 Å². The van der Waals surface area contributed by atoms with Gasteiger partial charge in [-0.1, -0.05) is 0 Å². The van der Waals surface area contributed by atoms with Crippen molar-refractivity contribution in [1.29, 1.82) is 5.26 Å². The number of carbonyl (C=O) groups excluding carboxylic acids is 1. The molecule has 0 N–H and O–H groups in total. The Kier molecular flexibility index (Phi) is 4.58. The number of rotatable bonds is 4. The molecular weight excluding hydrogens is 236 g/mol. The van der Waals surface area contributed by atoms with E-state index in [2.05, 4.69) is 4.74 Å². The molecule has 1 aromatic carbocycles. The minimum Gasteiger partial charge on any atom is -0.463 e. The molecule has 0 atom stereocenters. The summed E-state index contributed by atoms with van der Waals surface area (Å²) in [6, 6.07) is 5.67. The number of nitriles is 1. The average molecular weight is 246 g/mol. The van der Waals surface area contributed by atoms with E-state index >= 15 is 0 Å². The Hall–Kier alpha value is -2.68. The van der Waals surface area contributed by atoms with Gasteiger partial charge in [-0.05, 0) is 24.6 Å². The molecule has 0 aliphatic rings. The van der Waals surface area contributed by atoms with Crippen molar-refractivity contribution in [2.24, 2.45) is 0 Å². The van der Waals surface area contributed by atoms with Gasteiger partial charge >= 0.3 is 5.97 Å². The van der Waals surface area contributed by atoms with Crippen LogP contribution in [0.1, 0.15) is 18.1 Å². The molecule has 0 radical (unpaired) electrons. The highest BCUT2D eigenvalue weighted by atomic mass is 16.6. The summed E-state index contributed by atoms with van der Waals surface area (Å²) in [7, 11) is 0. The Morgan fingerprint density at radius 2 is 2.33 bits per heavy atom. The summed E-state index contributed by atoms with van der Waals surface area (Å²) >= 11 is 0. The van der Waals surface area contributed by atoms with E-state index in [0.29, 0.717) is 5.56 Å². The molecule has 0 aliphatic carbocycles. The topological polar surface area (TPSA) is 93.2 Å². The first-order valence-electron chi connectivity index (χ1n) is 5.12. The van der Waals surface area contributed by atoms with E-state index in [4.69, 9.17) is 5.26 Å². The third kappa shape index (κ3) is 3.42. The number of non-ortho nitro benzene ring substituents is 1. The molecule has 0 bridgehead atoms. The SMILES string of the molecule is CCOC(=O)C=Cc1ccc([N+](=O)[O-])cc1C#N. The van der Waals surface area contributed by atoms with Gasteiger partial charge in [-0.15, -0.1) is 0 Å². The molecular formula is C12H10N2O4. The zero-order chi connectivity index (χ0) is 13.5. The number of ether oxygens (including phenoxy) is 1. The van der Waals surface area contributed by atoms with E-state index in [1.165, 1.54) is 24.3 Å². The summed E-state index contributed by atoms with van der Waals surface area (Å²) in [6.45, 7) is 1.94. The van der Waals surface area contributed by atoms with Crippen LogP contribution in [0.2, 0.25) is 0 Å². The second-order valence-corrected chi connectivity index (χ2v) is 3.23. The lowest BCUT2D eigenvalue weighted by molar-refractivity contribution is -0.384. The van der Waals surface area contributed by atoms with Crippen LogP contribution in [0.4, 0.5) is 5.69 Å². The van der Waals surface area contributed by atoms with E-state index in [1.807, 2.05) is 6.07 Å². The van der Waals surface area contributed by atoms with E-state index in [9.17, 15) is 14.9 Å².